The molecule has 2 bridgehead atoms. The summed E-state index contributed by atoms with van der Waals surface area (Å²) >= 11 is 0. The second kappa shape index (κ2) is 4.03. The van der Waals surface area contributed by atoms with Crippen LogP contribution in [-0.4, -0.2) is 16.8 Å². The minimum absolute atomic E-state index is 0.0323. The van der Waals surface area contributed by atoms with Crippen LogP contribution in [0.2, 0.25) is 0 Å². The first-order chi connectivity index (χ1) is 10.7. The van der Waals surface area contributed by atoms with Crippen molar-refractivity contribution in [3.8, 4) is 0 Å². The quantitative estimate of drug-likeness (QED) is 0.599. The fourth-order valence-electron chi connectivity index (χ4n) is 4.36. The maximum Gasteiger partial charge on any atom is 0.238 e. The summed E-state index contributed by atoms with van der Waals surface area (Å²) in [5.41, 5.74) is 1.54. The first-order valence-electron chi connectivity index (χ1n) is 7.65. The molecule has 2 heterocycles. The van der Waals surface area contributed by atoms with Gasteiger partial charge in [-0.15, -0.1) is 0 Å². The average molecular weight is 290 g/mol. The van der Waals surface area contributed by atoms with Gasteiger partial charge in [0.05, 0.1) is 23.0 Å². The Bertz CT molecular complexity index is 827. The van der Waals surface area contributed by atoms with Gasteiger partial charge in [0.25, 0.3) is 0 Å². The summed E-state index contributed by atoms with van der Waals surface area (Å²) in [4.78, 5) is 31.2. The van der Waals surface area contributed by atoms with Crippen molar-refractivity contribution in [2.45, 2.75) is 6.42 Å². The molecule has 0 radical (unpaired) electrons. The number of imide groups is 1. The van der Waals surface area contributed by atoms with Gasteiger partial charge in [0.2, 0.25) is 11.8 Å². The van der Waals surface area contributed by atoms with Crippen LogP contribution in [0, 0.1) is 23.7 Å². The molecule has 3 aliphatic rings. The molecule has 1 saturated carbocycles. The molecule has 1 aromatic heterocycles. The van der Waals surface area contributed by atoms with Gasteiger partial charge in [-0.1, -0.05) is 18.2 Å². The number of hydrogen-bond donors (Lipinski definition) is 0. The number of carbonyl (C=O) groups is 2. The van der Waals surface area contributed by atoms with Crippen molar-refractivity contribution in [2.24, 2.45) is 23.7 Å². The average Bonchev–Trinajstić information content (AvgIpc) is 3.21. The summed E-state index contributed by atoms with van der Waals surface area (Å²) in [6.45, 7) is 0. The van der Waals surface area contributed by atoms with Gasteiger partial charge < -0.3 is 0 Å². The van der Waals surface area contributed by atoms with E-state index >= 15 is 0 Å². The van der Waals surface area contributed by atoms with E-state index in [0.29, 0.717) is 5.69 Å². The standard InChI is InChI=1S/C18H14N2O2/c21-17-15-11-3-4-12(8-11)16(15)18(22)20(17)13-5-6-14-10(9-13)2-1-7-19-14/h1-7,9,11-12,15-16H,8H2/t11-,12-,15-,16+/m0/s1. The molecule has 1 aliphatic heterocycles. The number of allylic oxidation sites excluding steroid dienone is 2. The molecule has 1 saturated heterocycles. The summed E-state index contributed by atoms with van der Waals surface area (Å²) in [5, 5.41) is 0.943. The second-order valence-corrected chi connectivity index (χ2v) is 6.39. The summed E-state index contributed by atoms with van der Waals surface area (Å²) < 4.78 is 0. The zero-order chi connectivity index (χ0) is 14.8. The molecule has 2 amide bonds. The number of amides is 2. The molecular weight excluding hydrogens is 276 g/mol. The zero-order valence-electron chi connectivity index (χ0n) is 11.8. The Labute approximate surface area is 127 Å². The topological polar surface area (TPSA) is 50.3 Å². The van der Waals surface area contributed by atoms with E-state index < -0.39 is 0 Å². The third kappa shape index (κ3) is 1.39. The predicted octanol–water partition coefficient (Wildman–Crippen LogP) is 2.55. The molecule has 4 atom stereocenters. The summed E-state index contributed by atoms with van der Waals surface area (Å²) in [5.74, 6) is 0.140. The number of aromatic nitrogens is 1. The monoisotopic (exact) mass is 290 g/mol. The number of anilines is 1. The number of pyridine rings is 1. The van der Waals surface area contributed by atoms with Gasteiger partial charge in [0, 0.05) is 11.6 Å². The van der Waals surface area contributed by atoms with Crippen molar-refractivity contribution in [2.75, 3.05) is 4.90 Å². The van der Waals surface area contributed by atoms with Crippen LogP contribution in [-0.2, 0) is 9.59 Å². The molecule has 2 aliphatic carbocycles. The highest BCUT2D eigenvalue weighted by molar-refractivity contribution is 6.23. The van der Waals surface area contributed by atoms with Crippen molar-refractivity contribution in [3.05, 3.63) is 48.7 Å². The van der Waals surface area contributed by atoms with Crippen molar-refractivity contribution < 1.29 is 9.59 Å². The molecule has 4 heteroatoms. The lowest BCUT2D eigenvalue weighted by Gasteiger charge is -2.17. The Morgan fingerprint density at radius 1 is 1.00 bits per heavy atom. The van der Waals surface area contributed by atoms with E-state index in [-0.39, 0.29) is 35.5 Å². The number of nitrogens with zero attached hydrogens (tertiary/aromatic N) is 2. The fourth-order valence-corrected chi connectivity index (χ4v) is 4.36. The van der Waals surface area contributed by atoms with Crippen molar-refractivity contribution >= 4 is 28.4 Å². The van der Waals surface area contributed by atoms with Gasteiger partial charge in [0.15, 0.2) is 0 Å². The molecule has 0 spiro atoms. The highest BCUT2D eigenvalue weighted by atomic mass is 16.2. The summed E-state index contributed by atoms with van der Waals surface area (Å²) in [6, 6.07) is 9.38. The van der Waals surface area contributed by atoms with Crippen LogP contribution < -0.4 is 4.90 Å². The minimum Gasteiger partial charge on any atom is -0.274 e. The van der Waals surface area contributed by atoms with E-state index in [2.05, 4.69) is 17.1 Å². The lowest BCUT2D eigenvalue weighted by molar-refractivity contribution is -0.123. The summed E-state index contributed by atoms with van der Waals surface area (Å²) in [6.07, 6.45) is 6.93. The van der Waals surface area contributed by atoms with Gasteiger partial charge in [-0.05, 0) is 42.5 Å². The molecule has 4 nitrogen and oxygen atoms in total. The Morgan fingerprint density at radius 3 is 2.45 bits per heavy atom. The van der Waals surface area contributed by atoms with Crippen LogP contribution in [0.25, 0.3) is 10.9 Å². The Hall–Kier alpha value is -2.49. The number of fused-ring (bicyclic) bond motifs is 6. The highest BCUT2D eigenvalue weighted by Crippen LogP contribution is 2.53. The van der Waals surface area contributed by atoms with Crippen LogP contribution >= 0.6 is 0 Å². The molecule has 22 heavy (non-hydrogen) atoms. The van der Waals surface area contributed by atoms with Gasteiger partial charge in [-0.3, -0.25) is 14.6 Å². The smallest absolute Gasteiger partial charge is 0.238 e. The predicted molar refractivity (Wildman–Crippen MR) is 82.0 cm³/mol. The van der Waals surface area contributed by atoms with Gasteiger partial charge in [-0.2, -0.15) is 0 Å². The van der Waals surface area contributed by atoms with Crippen LogP contribution in [0.3, 0.4) is 0 Å². The number of benzene rings is 1. The largest absolute Gasteiger partial charge is 0.274 e. The second-order valence-electron chi connectivity index (χ2n) is 6.39. The maximum atomic E-state index is 12.8. The van der Waals surface area contributed by atoms with Gasteiger partial charge in [-0.25, -0.2) is 4.90 Å². The lowest BCUT2D eigenvalue weighted by Crippen LogP contribution is -2.32. The van der Waals surface area contributed by atoms with Crippen molar-refractivity contribution in [1.82, 2.24) is 4.98 Å². The van der Waals surface area contributed by atoms with Crippen LogP contribution in [0.5, 0.6) is 0 Å². The number of hydrogen-bond acceptors (Lipinski definition) is 3. The van der Waals surface area contributed by atoms with Crippen LogP contribution in [0.1, 0.15) is 6.42 Å². The molecule has 5 rings (SSSR count). The van der Waals surface area contributed by atoms with Crippen LogP contribution in [0.4, 0.5) is 5.69 Å². The molecule has 2 fully saturated rings. The molecule has 0 N–H and O–H groups in total. The van der Waals surface area contributed by atoms with Gasteiger partial charge in [0.1, 0.15) is 0 Å². The maximum absolute atomic E-state index is 12.8. The van der Waals surface area contributed by atoms with E-state index in [1.807, 2.05) is 30.3 Å². The van der Waals surface area contributed by atoms with Crippen molar-refractivity contribution in [1.29, 1.82) is 0 Å². The van der Waals surface area contributed by atoms with E-state index in [1.165, 1.54) is 4.90 Å². The zero-order valence-corrected chi connectivity index (χ0v) is 11.8. The molecule has 2 aromatic rings. The van der Waals surface area contributed by atoms with Gasteiger partial charge >= 0.3 is 0 Å². The lowest BCUT2D eigenvalue weighted by atomic mass is 9.85. The van der Waals surface area contributed by atoms with E-state index in [9.17, 15) is 9.59 Å². The number of rotatable bonds is 1. The first-order valence-corrected chi connectivity index (χ1v) is 7.65. The van der Waals surface area contributed by atoms with E-state index in [0.717, 1.165) is 17.3 Å². The molecule has 108 valence electrons. The molecule has 1 aromatic carbocycles. The third-order valence-electron chi connectivity index (χ3n) is 5.32. The fraction of sp³-hybridized carbons (Fsp3) is 0.278. The summed E-state index contributed by atoms with van der Waals surface area (Å²) in [7, 11) is 0. The Balaban J connectivity index is 1.60. The highest BCUT2D eigenvalue weighted by Gasteiger charge is 2.59. The normalized spacial score (nSPS) is 32.3. The Morgan fingerprint density at radius 2 is 1.73 bits per heavy atom. The van der Waals surface area contributed by atoms with E-state index in [4.69, 9.17) is 0 Å². The molecule has 0 unspecified atom stereocenters. The number of carbonyl (C=O) groups excluding carboxylic acids is 2. The Kier molecular flexibility index (Phi) is 2.22. The SMILES string of the molecule is O=C1[C@@H]2[C@H](C(=O)N1c1ccc3ncccc3c1)[C@H]1C=C[C@H]2C1. The third-order valence-corrected chi connectivity index (χ3v) is 5.32. The molecular formula is C18H14N2O2. The first kappa shape index (κ1) is 12.1. The minimum atomic E-state index is -0.146. The van der Waals surface area contributed by atoms with Crippen LogP contribution in [0.15, 0.2) is 48.7 Å². The van der Waals surface area contributed by atoms with Crippen molar-refractivity contribution in [3.63, 3.8) is 0 Å². The van der Waals surface area contributed by atoms with E-state index in [1.54, 1.807) is 6.20 Å².